The van der Waals surface area contributed by atoms with Gasteiger partial charge in [0.25, 0.3) is 0 Å². The topological polar surface area (TPSA) is 28.2 Å². The Labute approximate surface area is 118 Å². The Hall–Kier alpha value is -2.10. The minimum Gasteiger partial charge on any atom is -0.382 e. The number of rotatable bonds is 3. The van der Waals surface area contributed by atoms with Crippen LogP contribution in [0.2, 0.25) is 0 Å². The van der Waals surface area contributed by atoms with Crippen molar-refractivity contribution < 1.29 is 4.39 Å². The summed E-state index contributed by atoms with van der Waals surface area (Å²) in [6.07, 6.45) is 5.83. The number of hydrogen-bond acceptors (Lipinski definition) is 3. The molecule has 0 atom stereocenters. The summed E-state index contributed by atoms with van der Waals surface area (Å²) in [7, 11) is 0. The molecule has 0 radical (unpaired) electrons. The standard InChI is InChI=1S/C16H18FN3/c17-13-1-3-14(4-2-13)19-15-7-11-20(12-8-15)16-5-9-18-10-6-16/h1-6,9-10,15,19H,7-8,11-12H2. The number of pyridine rings is 1. The van der Waals surface area contributed by atoms with Gasteiger partial charge in [0.05, 0.1) is 0 Å². The van der Waals surface area contributed by atoms with Gasteiger partial charge in [-0.15, -0.1) is 0 Å². The summed E-state index contributed by atoms with van der Waals surface area (Å²) in [5, 5.41) is 3.47. The highest BCUT2D eigenvalue weighted by Gasteiger charge is 2.19. The Morgan fingerprint density at radius 2 is 1.65 bits per heavy atom. The number of nitrogens with zero attached hydrogens (tertiary/aromatic N) is 2. The maximum absolute atomic E-state index is 12.9. The smallest absolute Gasteiger partial charge is 0.123 e. The van der Waals surface area contributed by atoms with E-state index in [0.717, 1.165) is 31.6 Å². The van der Waals surface area contributed by atoms with Gasteiger partial charge in [-0.2, -0.15) is 0 Å². The monoisotopic (exact) mass is 271 g/mol. The highest BCUT2D eigenvalue weighted by atomic mass is 19.1. The average molecular weight is 271 g/mol. The first-order chi connectivity index (χ1) is 9.81. The van der Waals surface area contributed by atoms with Crippen molar-refractivity contribution in [2.45, 2.75) is 18.9 Å². The van der Waals surface area contributed by atoms with E-state index in [9.17, 15) is 4.39 Å². The molecule has 1 fully saturated rings. The van der Waals surface area contributed by atoms with Crippen LogP contribution in [-0.4, -0.2) is 24.1 Å². The van der Waals surface area contributed by atoms with Gasteiger partial charge in [0, 0.05) is 42.9 Å². The summed E-state index contributed by atoms with van der Waals surface area (Å²) in [5.74, 6) is -0.192. The van der Waals surface area contributed by atoms with Crippen LogP contribution in [-0.2, 0) is 0 Å². The van der Waals surface area contributed by atoms with Crippen molar-refractivity contribution >= 4 is 11.4 Å². The van der Waals surface area contributed by atoms with E-state index in [2.05, 4.69) is 15.2 Å². The minimum atomic E-state index is -0.192. The summed E-state index contributed by atoms with van der Waals surface area (Å²) in [6.45, 7) is 2.06. The van der Waals surface area contributed by atoms with Crippen LogP contribution in [0.3, 0.4) is 0 Å². The molecule has 1 saturated heterocycles. The second-order valence-electron chi connectivity index (χ2n) is 5.12. The fourth-order valence-electron chi connectivity index (χ4n) is 2.62. The Morgan fingerprint density at radius 3 is 2.30 bits per heavy atom. The number of hydrogen-bond donors (Lipinski definition) is 1. The van der Waals surface area contributed by atoms with Gasteiger partial charge in [0.1, 0.15) is 5.82 Å². The zero-order valence-corrected chi connectivity index (χ0v) is 11.3. The quantitative estimate of drug-likeness (QED) is 0.928. The van der Waals surface area contributed by atoms with Gasteiger partial charge in [0.2, 0.25) is 0 Å². The molecule has 3 nitrogen and oxygen atoms in total. The van der Waals surface area contributed by atoms with E-state index in [4.69, 9.17) is 0 Å². The summed E-state index contributed by atoms with van der Waals surface area (Å²) in [5.41, 5.74) is 2.23. The largest absolute Gasteiger partial charge is 0.382 e. The first-order valence-corrected chi connectivity index (χ1v) is 6.98. The summed E-state index contributed by atoms with van der Waals surface area (Å²) < 4.78 is 12.9. The van der Waals surface area contributed by atoms with E-state index in [0.29, 0.717) is 6.04 Å². The van der Waals surface area contributed by atoms with Crippen molar-refractivity contribution in [3.8, 4) is 0 Å². The molecule has 3 rings (SSSR count). The second-order valence-corrected chi connectivity index (χ2v) is 5.12. The Kier molecular flexibility index (Phi) is 3.81. The molecule has 0 unspecified atom stereocenters. The summed E-state index contributed by atoms with van der Waals surface area (Å²) in [6, 6.07) is 11.1. The zero-order valence-electron chi connectivity index (χ0n) is 11.3. The third-order valence-electron chi connectivity index (χ3n) is 3.74. The Morgan fingerprint density at radius 1 is 1.00 bits per heavy atom. The predicted octanol–water partition coefficient (Wildman–Crippen LogP) is 3.30. The van der Waals surface area contributed by atoms with Crippen LogP contribution in [0.25, 0.3) is 0 Å². The lowest BCUT2D eigenvalue weighted by atomic mass is 10.0. The van der Waals surface area contributed by atoms with Gasteiger partial charge in [-0.25, -0.2) is 4.39 Å². The van der Waals surface area contributed by atoms with Crippen LogP contribution < -0.4 is 10.2 Å². The molecule has 4 heteroatoms. The van der Waals surface area contributed by atoms with E-state index in [1.165, 1.54) is 17.8 Å². The highest BCUT2D eigenvalue weighted by Crippen LogP contribution is 2.21. The SMILES string of the molecule is Fc1ccc(NC2CCN(c3ccncc3)CC2)cc1. The van der Waals surface area contributed by atoms with Gasteiger partial charge >= 0.3 is 0 Å². The molecule has 0 amide bonds. The fraction of sp³-hybridized carbons (Fsp3) is 0.312. The molecule has 0 bridgehead atoms. The van der Waals surface area contributed by atoms with Gasteiger partial charge < -0.3 is 10.2 Å². The highest BCUT2D eigenvalue weighted by molar-refractivity contribution is 5.47. The normalized spacial score (nSPS) is 16.1. The molecule has 20 heavy (non-hydrogen) atoms. The third kappa shape index (κ3) is 3.07. The predicted molar refractivity (Wildman–Crippen MR) is 79.5 cm³/mol. The van der Waals surface area contributed by atoms with E-state index in [1.54, 1.807) is 12.1 Å². The van der Waals surface area contributed by atoms with Crippen molar-refractivity contribution in [3.63, 3.8) is 0 Å². The number of aromatic nitrogens is 1. The number of piperidine rings is 1. The van der Waals surface area contributed by atoms with Gasteiger partial charge in [-0.1, -0.05) is 0 Å². The first kappa shape index (κ1) is 12.9. The number of nitrogens with one attached hydrogen (secondary N) is 1. The van der Waals surface area contributed by atoms with E-state index >= 15 is 0 Å². The summed E-state index contributed by atoms with van der Waals surface area (Å²) >= 11 is 0. The maximum Gasteiger partial charge on any atom is 0.123 e. The van der Waals surface area contributed by atoms with Crippen LogP contribution >= 0.6 is 0 Å². The molecule has 0 aliphatic carbocycles. The Balaban J connectivity index is 1.55. The van der Waals surface area contributed by atoms with E-state index in [-0.39, 0.29) is 5.82 Å². The van der Waals surface area contributed by atoms with Crippen molar-refractivity contribution in [3.05, 3.63) is 54.6 Å². The lowest BCUT2D eigenvalue weighted by Gasteiger charge is -2.34. The Bertz CT molecular complexity index is 533. The molecule has 1 aromatic heterocycles. The molecule has 104 valence electrons. The fourth-order valence-corrected chi connectivity index (χ4v) is 2.62. The molecule has 1 aliphatic heterocycles. The second kappa shape index (κ2) is 5.90. The molecule has 0 spiro atoms. The number of halogens is 1. The van der Waals surface area contributed by atoms with Gasteiger partial charge in [-0.05, 0) is 49.2 Å². The first-order valence-electron chi connectivity index (χ1n) is 6.98. The number of benzene rings is 1. The molecule has 2 heterocycles. The van der Waals surface area contributed by atoms with Crippen LogP contribution in [0.5, 0.6) is 0 Å². The van der Waals surface area contributed by atoms with E-state index in [1.807, 2.05) is 24.5 Å². The van der Waals surface area contributed by atoms with Crippen molar-refractivity contribution in [1.82, 2.24) is 4.98 Å². The van der Waals surface area contributed by atoms with Crippen LogP contribution in [0.15, 0.2) is 48.8 Å². The van der Waals surface area contributed by atoms with Crippen LogP contribution in [0.1, 0.15) is 12.8 Å². The van der Waals surface area contributed by atoms with Crippen molar-refractivity contribution in [1.29, 1.82) is 0 Å². The summed E-state index contributed by atoms with van der Waals surface area (Å²) in [4.78, 5) is 6.43. The molecule has 0 saturated carbocycles. The van der Waals surface area contributed by atoms with Crippen molar-refractivity contribution in [2.75, 3.05) is 23.3 Å². The van der Waals surface area contributed by atoms with Gasteiger partial charge in [-0.3, -0.25) is 4.98 Å². The van der Waals surface area contributed by atoms with Gasteiger partial charge in [0.15, 0.2) is 0 Å². The van der Waals surface area contributed by atoms with Crippen LogP contribution in [0.4, 0.5) is 15.8 Å². The van der Waals surface area contributed by atoms with Crippen molar-refractivity contribution in [2.24, 2.45) is 0 Å². The van der Waals surface area contributed by atoms with Crippen LogP contribution in [0, 0.1) is 5.82 Å². The molecule has 1 aromatic carbocycles. The molecular formula is C16H18FN3. The van der Waals surface area contributed by atoms with E-state index < -0.39 is 0 Å². The minimum absolute atomic E-state index is 0.192. The number of anilines is 2. The lowest BCUT2D eigenvalue weighted by Crippen LogP contribution is -2.39. The average Bonchev–Trinajstić information content (AvgIpc) is 2.51. The lowest BCUT2D eigenvalue weighted by molar-refractivity contribution is 0.526. The third-order valence-corrected chi connectivity index (χ3v) is 3.74. The maximum atomic E-state index is 12.9. The molecule has 2 aromatic rings. The molecule has 1 N–H and O–H groups in total. The zero-order chi connectivity index (χ0) is 13.8. The molecular weight excluding hydrogens is 253 g/mol. The molecule has 1 aliphatic rings.